The lowest BCUT2D eigenvalue weighted by Crippen LogP contribution is -2.20. The predicted molar refractivity (Wildman–Crippen MR) is 169 cm³/mol. The number of ether oxygens (including phenoxy) is 2. The summed E-state index contributed by atoms with van der Waals surface area (Å²) in [7, 11) is 3.31. The standard InChI is InChI=1S/C37H50O4/c1-9-10-13-25(4)14-11-15-26(5)37(39)29-19-21-30(32(23-29)24(2)3)31-20-18-28(27(6)38)22-33(31)36-34(40-7)16-12-17-35(36)41-8/h12,16-17,20,22-26,31H,9-11,13-15,19,21H2,1-8H3. The Kier molecular flexibility index (Phi) is 12.0. The first-order valence-corrected chi connectivity index (χ1v) is 15.5. The zero-order valence-electron chi connectivity index (χ0n) is 26.6. The molecule has 0 heterocycles. The molecule has 0 fully saturated rings. The lowest BCUT2D eigenvalue weighted by Gasteiger charge is -2.31. The van der Waals surface area contributed by atoms with Crippen LogP contribution in [0.25, 0.3) is 5.57 Å². The maximum absolute atomic E-state index is 13.6. The Bertz CT molecular complexity index is 1240. The van der Waals surface area contributed by atoms with Gasteiger partial charge in [-0.3, -0.25) is 9.59 Å². The molecule has 3 rings (SSSR count). The fourth-order valence-electron chi connectivity index (χ4n) is 6.15. The van der Waals surface area contributed by atoms with Crippen molar-refractivity contribution in [3.05, 3.63) is 70.0 Å². The van der Waals surface area contributed by atoms with Crippen LogP contribution in [0, 0.1) is 23.7 Å². The highest BCUT2D eigenvalue weighted by Crippen LogP contribution is 2.46. The second-order valence-electron chi connectivity index (χ2n) is 12.1. The van der Waals surface area contributed by atoms with Crippen LogP contribution in [0.4, 0.5) is 0 Å². The second-order valence-corrected chi connectivity index (χ2v) is 12.1. The Morgan fingerprint density at radius 2 is 1.61 bits per heavy atom. The minimum absolute atomic E-state index is 0.0331. The molecule has 2 aliphatic rings. The van der Waals surface area contributed by atoms with Gasteiger partial charge in [0.15, 0.2) is 11.6 Å². The third-order valence-electron chi connectivity index (χ3n) is 8.65. The normalized spacial score (nSPS) is 18.5. The molecule has 0 spiro atoms. The maximum Gasteiger partial charge on any atom is 0.167 e. The van der Waals surface area contributed by atoms with Gasteiger partial charge < -0.3 is 9.47 Å². The average Bonchev–Trinajstić information content (AvgIpc) is 2.98. The Hall–Kier alpha value is -3.10. The molecular weight excluding hydrogens is 508 g/mol. The van der Waals surface area contributed by atoms with Crippen LogP contribution < -0.4 is 9.47 Å². The molecule has 0 aliphatic heterocycles. The number of unbranched alkanes of at least 4 members (excludes halogenated alkanes) is 1. The number of benzene rings is 1. The monoisotopic (exact) mass is 558 g/mol. The summed E-state index contributed by atoms with van der Waals surface area (Å²) in [6.45, 7) is 12.6. The average molecular weight is 559 g/mol. The van der Waals surface area contributed by atoms with Crippen molar-refractivity contribution in [3.8, 4) is 11.5 Å². The molecule has 222 valence electrons. The summed E-state index contributed by atoms with van der Waals surface area (Å²) in [5.74, 6) is 2.58. The van der Waals surface area contributed by atoms with Gasteiger partial charge in [-0.05, 0) is 79.0 Å². The van der Waals surface area contributed by atoms with Gasteiger partial charge in [0.2, 0.25) is 0 Å². The van der Waals surface area contributed by atoms with Crippen LogP contribution in [0.5, 0.6) is 11.5 Å². The molecule has 3 unspecified atom stereocenters. The zero-order valence-corrected chi connectivity index (χ0v) is 26.6. The van der Waals surface area contributed by atoms with Crippen molar-refractivity contribution in [1.82, 2.24) is 0 Å². The van der Waals surface area contributed by atoms with E-state index in [1.165, 1.54) is 36.8 Å². The molecule has 4 heteroatoms. The minimum atomic E-state index is -0.101. The molecule has 41 heavy (non-hydrogen) atoms. The van der Waals surface area contributed by atoms with E-state index >= 15 is 0 Å². The lowest BCUT2D eigenvalue weighted by atomic mass is 9.73. The number of allylic oxidation sites excluding steroid dienone is 7. The number of ketones is 2. The van der Waals surface area contributed by atoms with E-state index in [9.17, 15) is 9.59 Å². The quantitative estimate of drug-likeness (QED) is 0.201. The Morgan fingerprint density at radius 1 is 0.951 bits per heavy atom. The molecule has 0 N–H and O–H groups in total. The van der Waals surface area contributed by atoms with Crippen molar-refractivity contribution < 1.29 is 19.1 Å². The van der Waals surface area contributed by atoms with Gasteiger partial charge >= 0.3 is 0 Å². The van der Waals surface area contributed by atoms with Gasteiger partial charge in [-0.15, -0.1) is 5.73 Å². The van der Waals surface area contributed by atoms with Crippen molar-refractivity contribution in [2.24, 2.45) is 23.7 Å². The highest BCUT2D eigenvalue weighted by molar-refractivity contribution is 6.00. The molecule has 4 nitrogen and oxygen atoms in total. The predicted octanol–water partition coefficient (Wildman–Crippen LogP) is 9.26. The van der Waals surface area contributed by atoms with Crippen LogP contribution in [-0.4, -0.2) is 25.8 Å². The fraction of sp³-hybridized carbons (Fsp3) is 0.541. The largest absolute Gasteiger partial charge is 0.496 e. The first kappa shape index (κ1) is 32.4. The zero-order chi connectivity index (χ0) is 30.1. The summed E-state index contributed by atoms with van der Waals surface area (Å²) >= 11 is 0. The number of methoxy groups -OCH3 is 2. The van der Waals surface area contributed by atoms with E-state index < -0.39 is 0 Å². The molecular formula is C37H50O4. The van der Waals surface area contributed by atoms with Crippen LogP contribution in [0.2, 0.25) is 0 Å². The van der Waals surface area contributed by atoms with Gasteiger partial charge in [0.1, 0.15) is 11.5 Å². The Labute approximate surface area is 248 Å². The van der Waals surface area contributed by atoms with Crippen molar-refractivity contribution in [3.63, 3.8) is 0 Å². The highest BCUT2D eigenvalue weighted by Gasteiger charge is 2.31. The summed E-state index contributed by atoms with van der Waals surface area (Å²) in [4.78, 5) is 26.0. The van der Waals surface area contributed by atoms with E-state index in [0.29, 0.717) is 22.9 Å². The molecule has 0 saturated heterocycles. The van der Waals surface area contributed by atoms with Crippen LogP contribution in [0.3, 0.4) is 0 Å². The van der Waals surface area contributed by atoms with E-state index in [1.54, 1.807) is 21.1 Å². The Morgan fingerprint density at radius 3 is 2.20 bits per heavy atom. The number of hydrogen-bond acceptors (Lipinski definition) is 4. The number of carbonyl (C=O) groups excluding carboxylic acids is 2. The number of rotatable bonds is 15. The Balaban J connectivity index is 1.96. The van der Waals surface area contributed by atoms with Crippen molar-refractivity contribution in [2.45, 2.75) is 92.9 Å². The number of hydrogen-bond donors (Lipinski definition) is 0. The van der Waals surface area contributed by atoms with Crippen molar-refractivity contribution in [1.29, 1.82) is 0 Å². The van der Waals surface area contributed by atoms with Gasteiger partial charge in [-0.2, -0.15) is 0 Å². The van der Waals surface area contributed by atoms with Crippen LogP contribution in [0.15, 0.2) is 64.5 Å². The smallest absolute Gasteiger partial charge is 0.167 e. The van der Waals surface area contributed by atoms with E-state index in [4.69, 9.17) is 9.47 Å². The van der Waals surface area contributed by atoms with Crippen LogP contribution >= 0.6 is 0 Å². The van der Waals surface area contributed by atoms with E-state index in [2.05, 4.69) is 46.4 Å². The van der Waals surface area contributed by atoms with E-state index in [1.807, 2.05) is 30.4 Å². The third kappa shape index (κ3) is 8.01. The van der Waals surface area contributed by atoms with Crippen molar-refractivity contribution >= 4 is 17.1 Å². The highest BCUT2D eigenvalue weighted by atomic mass is 16.5. The summed E-state index contributed by atoms with van der Waals surface area (Å²) in [6.07, 6.45) is 14.7. The summed E-state index contributed by atoms with van der Waals surface area (Å²) in [5, 5.41) is 0. The maximum atomic E-state index is 13.6. The molecule has 0 radical (unpaired) electrons. The molecule has 3 atom stereocenters. The van der Waals surface area contributed by atoms with Gasteiger partial charge in [0, 0.05) is 11.8 Å². The van der Waals surface area contributed by atoms with Crippen LogP contribution in [0.1, 0.15) is 98.5 Å². The van der Waals surface area contributed by atoms with E-state index in [-0.39, 0.29) is 23.5 Å². The number of carbonyl (C=O) groups is 2. The van der Waals surface area contributed by atoms with Gasteiger partial charge in [0.05, 0.1) is 25.4 Å². The van der Waals surface area contributed by atoms with Crippen molar-refractivity contribution in [2.75, 3.05) is 14.2 Å². The first-order chi connectivity index (χ1) is 19.6. The summed E-state index contributed by atoms with van der Waals surface area (Å²) in [6, 6.07) is 5.75. The topological polar surface area (TPSA) is 52.6 Å². The molecule has 0 aromatic heterocycles. The summed E-state index contributed by atoms with van der Waals surface area (Å²) in [5.41, 5.74) is 9.03. The lowest BCUT2D eigenvalue weighted by molar-refractivity contribution is -0.119. The fourth-order valence-corrected chi connectivity index (χ4v) is 6.15. The molecule has 0 saturated carbocycles. The minimum Gasteiger partial charge on any atom is -0.496 e. The summed E-state index contributed by atoms with van der Waals surface area (Å²) < 4.78 is 11.5. The SMILES string of the molecule is CCCCC(C)CCCC(C)C(=O)C1=CC(C(C)C)=C(C2C=C=C(C(C)=O)C=C2c2c(OC)cccc2OC)CC1. The van der Waals surface area contributed by atoms with E-state index in [0.717, 1.165) is 48.3 Å². The third-order valence-corrected chi connectivity index (χ3v) is 8.65. The second kappa shape index (κ2) is 15.2. The molecule has 1 aromatic rings. The molecule has 1 aromatic carbocycles. The van der Waals surface area contributed by atoms with Gasteiger partial charge in [-0.25, -0.2) is 0 Å². The van der Waals surface area contributed by atoms with Gasteiger partial charge in [-0.1, -0.05) is 84.4 Å². The van der Waals surface area contributed by atoms with Gasteiger partial charge in [0.25, 0.3) is 0 Å². The number of Topliss-reactive ketones (excluding diaryl/α,β-unsaturated/α-hetero) is 2. The van der Waals surface area contributed by atoms with Crippen LogP contribution in [-0.2, 0) is 9.59 Å². The molecule has 0 amide bonds. The molecule has 0 bridgehead atoms. The first-order valence-electron chi connectivity index (χ1n) is 15.5. The molecule has 2 aliphatic carbocycles.